The van der Waals surface area contributed by atoms with Crippen molar-refractivity contribution in [3.8, 4) is 0 Å². The molecule has 1 heterocycles. The molecule has 0 aromatic heterocycles. The molecule has 1 aromatic rings. The summed E-state index contributed by atoms with van der Waals surface area (Å²) in [5.74, 6) is 1.47. The van der Waals surface area contributed by atoms with Crippen LogP contribution in [0.2, 0.25) is 5.02 Å². The quantitative estimate of drug-likeness (QED) is 0.905. The van der Waals surface area contributed by atoms with Crippen LogP contribution in [0.3, 0.4) is 0 Å². The van der Waals surface area contributed by atoms with E-state index in [-0.39, 0.29) is 6.04 Å². The molecular weight excluding hydrogens is 256 g/mol. The minimum Gasteiger partial charge on any atom is -0.329 e. The van der Waals surface area contributed by atoms with E-state index in [9.17, 15) is 4.21 Å². The van der Waals surface area contributed by atoms with Gasteiger partial charge in [-0.3, -0.25) is 9.11 Å². The first-order valence-corrected chi connectivity index (χ1v) is 7.62. The summed E-state index contributed by atoms with van der Waals surface area (Å²) in [6.45, 7) is 2.20. The van der Waals surface area contributed by atoms with Gasteiger partial charge in [0.2, 0.25) is 0 Å². The van der Waals surface area contributed by atoms with Gasteiger partial charge in [0, 0.05) is 53.0 Å². The van der Waals surface area contributed by atoms with Gasteiger partial charge in [0.05, 0.1) is 0 Å². The molecule has 1 aromatic carbocycles. The Morgan fingerprint density at radius 2 is 2.00 bits per heavy atom. The molecule has 0 bridgehead atoms. The number of hydrogen-bond donors (Lipinski definition) is 1. The van der Waals surface area contributed by atoms with Crippen LogP contribution >= 0.6 is 11.6 Å². The van der Waals surface area contributed by atoms with Crippen LogP contribution in [0.1, 0.15) is 11.6 Å². The third kappa shape index (κ3) is 3.07. The van der Waals surface area contributed by atoms with E-state index in [0.717, 1.165) is 35.2 Å². The fraction of sp³-hybridized carbons (Fsp3) is 0.500. The molecule has 1 saturated heterocycles. The van der Waals surface area contributed by atoms with Crippen LogP contribution in [0.25, 0.3) is 0 Å². The smallest absolute Gasteiger partial charge is 0.0485 e. The summed E-state index contributed by atoms with van der Waals surface area (Å²) in [7, 11) is -0.657. The highest BCUT2D eigenvalue weighted by molar-refractivity contribution is 7.85. The van der Waals surface area contributed by atoms with Crippen molar-refractivity contribution in [3.05, 3.63) is 34.9 Å². The molecule has 2 N–H and O–H groups in total. The van der Waals surface area contributed by atoms with Crippen LogP contribution < -0.4 is 5.73 Å². The zero-order valence-corrected chi connectivity index (χ0v) is 11.2. The van der Waals surface area contributed by atoms with Crippen molar-refractivity contribution < 1.29 is 4.21 Å². The number of benzene rings is 1. The summed E-state index contributed by atoms with van der Waals surface area (Å²) >= 11 is 6.20. The summed E-state index contributed by atoms with van der Waals surface area (Å²) in [6.07, 6.45) is 0. The van der Waals surface area contributed by atoms with E-state index < -0.39 is 10.8 Å². The van der Waals surface area contributed by atoms with Gasteiger partial charge in [0.15, 0.2) is 0 Å². The summed E-state index contributed by atoms with van der Waals surface area (Å²) in [5, 5.41) is 0.759. The van der Waals surface area contributed by atoms with Crippen molar-refractivity contribution in [1.82, 2.24) is 4.90 Å². The van der Waals surface area contributed by atoms with Crippen molar-refractivity contribution in [3.63, 3.8) is 0 Å². The lowest BCUT2D eigenvalue weighted by Crippen LogP contribution is -2.42. The molecule has 1 aliphatic heterocycles. The molecule has 1 atom stereocenters. The molecule has 1 fully saturated rings. The summed E-state index contributed by atoms with van der Waals surface area (Å²) < 4.78 is 11.4. The molecule has 94 valence electrons. The van der Waals surface area contributed by atoms with Crippen LogP contribution in [0.15, 0.2) is 24.3 Å². The van der Waals surface area contributed by atoms with E-state index in [1.54, 1.807) is 0 Å². The molecule has 0 amide bonds. The number of rotatable bonds is 3. The van der Waals surface area contributed by atoms with Gasteiger partial charge in [-0.15, -0.1) is 0 Å². The Morgan fingerprint density at radius 3 is 2.59 bits per heavy atom. The van der Waals surface area contributed by atoms with Gasteiger partial charge in [0.1, 0.15) is 0 Å². The van der Waals surface area contributed by atoms with E-state index in [1.807, 2.05) is 24.3 Å². The number of nitrogens with zero attached hydrogens (tertiary/aromatic N) is 1. The Balaban J connectivity index is 2.16. The fourth-order valence-corrected chi connectivity index (χ4v) is 3.52. The molecule has 0 unspecified atom stereocenters. The third-order valence-electron chi connectivity index (χ3n) is 3.14. The highest BCUT2D eigenvalue weighted by Crippen LogP contribution is 2.27. The first-order valence-electron chi connectivity index (χ1n) is 5.76. The van der Waals surface area contributed by atoms with E-state index in [4.69, 9.17) is 17.3 Å². The first-order chi connectivity index (χ1) is 8.22. The van der Waals surface area contributed by atoms with Crippen molar-refractivity contribution in [1.29, 1.82) is 0 Å². The molecule has 5 heteroatoms. The SMILES string of the molecule is NC[C@@H](c1ccccc1Cl)N1CCS(=O)CC1. The van der Waals surface area contributed by atoms with Crippen molar-refractivity contribution in [2.24, 2.45) is 5.73 Å². The van der Waals surface area contributed by atoms with Gasteiger partial charge in [0.25, 0.3) is 0 Å². The highest BCUT2D eigenvalue weighted by atomic mass is 35.5. The lowest BCUT2D eigenvalue weighted by molar-refractivity contribution is 0.221. The lowest BCUT2D eigenvalue weighted by atomic mass is 10.1. The second kappa shape index (κ2) is 5.96. The van der Waals surface area contributed by atoms with Gasteiger partial charge < -0.3 is 5.73 Å². The van der Waals surface area contributed by atoms with Crippen molar-refractivity contribution in [2.75, 3.05) is 31.1 Å². The molecule has 1 aliphatic rings. The van der Waals surface area contributed by atoms with Gasteiger partial charge >= 0.3 is 0 Å². The summed E-state index contributed by atoms with van der Waals surface area (Å²) in [6, 6.07) is 7.95. The molecule has 17 heavy (non-hydrogen) atoms. The van der Waals surface area contributed by atoms with Gasteiger partial charge in [-0.25, -0.2) is 0 Å². The van der Waals surface area contributed by atoms with E-state index in [0.29, 0.717) is 6.54 Å². The first kappa shape index (κ1) is 13.0. The zero-order chi connectivity index (χ0) is 12.3. The van der Waals surface area contributed by atoms with Crippen LogP contribution in [0.5, 0.6) is 0 Å². The minimum atomic E-state index is -0.657. The number of halogens is 1. The monoisotopic (exact) mass is 272 g/mol. The normalized spacial score (nSPS) is 20.4. The lowest BCUT2D eigenvalue weighted by Gasteiger charge is -2.34. The number of nitrogens with two attached hydrogens (primary N) is 1. The largest absolute Gasteiger partial charge is 0.329 e. The Labute approximate surface area is 109 Å². The second-order valence-electron chi connectivity index (χ2n) is 4.16. The molecule has 0 saturated carbocycles. The summed E-state index contributed by atoms with van der Waals surface area (Å²) in [4.78, 5) is 2.28. The molecule has 3 nitrogen and oxygen atoms in total. The van der Waals surface area contributed by atoms with Crippen LogP contribution in [0.4, 0.5) is 0 Å². The minimum absolute atomic E-state index is 0.140. The Morgan fingerprint density at radius 1 is 1.35 bits per heavy atom. The van der Waals surface area contributed by atoms with Crippen LogP contribution in [-0.2, 0) is 10.8 Å². The highest BCUT2D eigenvalue weighted by Gasteiger charge is 2.24. The molecule has 0 spiro atoms. The van der Waals surface area contributed by atoms with Crippen LogP contribution in [-0.4, -0.2) is 40.2 Å². The average Bonchev–Trinajstić information content (AvgIpc) is 2.35. The standard InChI is InChI=1S/C12H17ClN2OS/c13-11-4-2-1-3-10(11)12(9-14)15-5-7-17(16)8-6-15/h1-4,12H,5-9,14H2/t12-/m0/s1. The van der Waals surface area contributed by atoms with Gasteiger partial charge in [-0.2, -0.15) is 0 Å². The maximum absolute atomic E-state index is 11.4. The zero-order valence-electron chi connectivity index (χ0n) is 9.64. The summed E-state index contributed by atoms with van der Waals surface area (Å²) in [5.41, 5.74) is 6.94. The van der Waals surface area contributed by atoms with Crippen molar-refractivity contribution >= 4 is 22.4 Å². The Hall–Kier alpha value is -0.420. The predicted octanol–water partition coefficient (Wildman–Crippen LogP) is 1.40. The maximum atomic E-state index is 11.4. The van der Waals surface area contributed by atoms with Gasteiger partial charge in [-0.05, 0) is 11.6 Å². The fourth-order valence-electron chi connectivity index (χ4n) is 2.18. The maximum Gasteiger partial charge on any atom is 0.0485 e. The Kier molecular flexibility index (Phi) is 4.56. The van der Waals surface area contributed by atoms with E-state index >= 15 is 0 Å². The second-order valence-corrected chi connectivity index (χ2v) is 6.26. The Bertz CT molecular complexity index is 403. The van der Waals surface area contributed by atoms with E-state index in [1.165, 1.54) is 0 Å². The third-order valence-corrected chi connectivity index (χ3v) is 4.76. The van der Waals surface area contributed by atoms with Gasteiger partial charge in [-0.1, -0.05) is 29.8 Å². The molecule has 0 aliphatic carbocycles. The van der Waals surface area contributed by atoms with Crippen LogP contribution in [0, 0.1) is 0 Å². The average molecular weight is 273 g/mol. The van der Waals surface area contributed by atoms with Crippen molar-refractivity contribution in [2.45, 2.75) is 6.04 Å². The van der Waals surface area contributed by atoms with E-state index in [2.05, 4.69) is 4.90 Å². The molecular formula is C12H17ClN2OS. The predicted molar refractivity (Wildman–Crippen MR) is 72.7 cm³/mol. The topological polar surface area (TPSA) is 46.3 Å². The number of hydrogen-bond acceptors (Lipinski definition) is 3. The molecule has 2 rings (SSSR count). The molecule has 0 radical (unpaired) electrons.